The van der Waals surface area contributed by atoms with E-state index in [1.165, 1.54) is 48.7 Å². The molecule has 6 nitrogen and oxygen atoms in total. The van der Waals surface area contributed by atoms with Gasteiger partial charge in [-0.2, -0.15) is 5.26 Å². The Morgan fingerprint density at radius 2 is 2.06 bits per heavy atom. The summed E-state index contributed by atoms with van der Waals surface area (Å²) in [6.07, 6.45) is 14.9. The number of aromatic nitrogens is 3. The van der Waals surface area contributed by atoms with Crippen LogP contribution in [0.25, 0.3) is 0 Å². The molecule has 8 heteroatoms. The van der Waals surface area contributed by atoms with Gasteiger partial charge in [-0.25, -0.2) is 0 Å². The van der Waals surface area contributed by atoms with Crippen molar-refractivity contribution in [3.8, 4) is 6.07 Å². The zero-order valence-corrected chi connectivity index (χ0v) is 20.2. The van der Waals surface area contributed by atoms with E-state index in [4.69, 9.17) is 0 Å². The second kappa shape index (κ2) is 11.2. The van der Waals surface area contributed by atoms with E-state index in [1.54, 1.807) is 11.3 Å². The first-order chi connectivity index (χ1) is 15.7. The summed E-state index contributed by atoms with van der Waals surface area (Å²) in [5.41, 5.74) is 1.79. The van der Waals surface area contributed by atoms with E-state index in [1.807, 2.05) is 6.08 Å². The van der Waals surface area contributed by atoms with Gasteiger partial charge in [0.25, 0.3) is 0 Å². The van der Waals surface area contributed by atoms with E-state index in [0.29, 0.717) is 17.1 Å². The minimum absolute atomic E-state index is 0.109. The van der Waals surface area contributed by atoms with Gasteiger partial charge in [0.05, 0.1) is 11.3 Å². The zero-order chi connectivity index (χ0) is 22.3. The molecular formula is C24H31N5OS2. The molecule has 1 N–H and O–H groups in total. The minimum atomic E-state index is -0.109. The molecule has 0 radical (unpaired) electrons. The van der Waals surface area contributed by atoms with Crippen molar-refractivity contribution in [3.63, 3.8) is 0 Å². The van der Waals surface area contributed by atoms with E-state index < -0.39 is 0 Å². The number of nitrogens with one attached hydrogen (secondary N) is 1. The van der Waals surface area contributed by atoms with Gasteiger partial charge in [0.1, 0.15) is 16.9 Å². The molecule has 2 heterocycles. The van der Waals surface area contributed by atoms with Gasteiger partial charge in [-0.15, -0.1) is 28.1 Å². The molecule has 0 unspecified atom stereocenters. The van der Waals surface area contributed by atoms with Crippen molar-refractivity contribution in [1.29, 1.82) is 5.26 Å². The fourth-order valence-corrected chi connectivity index (χ4v) is 6.82. The molecule has 32 heavy (non-hydrogen) atoms. The number of nitriles is 1. The molecule has 2 aliphatic rings. The Hall–Kier alpha value is -2.11. The molecule has 0 saturated heterocycles. The number of fused-ring (bicyclic) bond motifs is 1. The third kappa shape index (κ3) is 5.44. The number of thioether (sulfide) groups is 1. The Morgan fingerprint density at radius 1 is 1.25 bits per heavy atom. The van der Waals surface area contributed by atoms with Gasteiger partial charge >= 0.3 is 0 Å². The third-order valence-corrected chi connectivity index (χ3v) is 8.65. The Labute approximate surface area is 198 Å². The number of carbonyl (C=O) groups is 1. The summed E-state index contributed by atoms with van der Waals surface area (Å²) >= 11 is 2.96. The van der Waals surface area contributed by atoms with Crippen LogP contribution in [-0.4, -0.2) is 26.4 Å². The maximum atomic E-state index is 12.7. The monoisotopic (exact) mass is 469 g/mol. The lowest BCUT2D eigenvalue weighted by Crippen LogP contribution is -2.15. The summed E-state index contributed by atoms with van der Waals surface area (Å²) in [5.74, 6) is 1.91. The Kier molecular flexibility index (Phi) is 8.04. The van der Waals surface area contributed by atoms with Crippen LogP contribution in [0.15, 0.2) is 17.8 Å². The highest BCUT2D eigenvalue weighted by atomic mass is 32.2. The number of anilines is 1. The minimum Gasteiger partial charge on any atom is -0.316 e. The summed E-state index contributed by atoms with van der Waals surface area (Å²) in [5, 5.41) is 22.8. The molecular weight excluding hydrogens is 438 g/mol. The first-order valence-electron chi connectivity index (χ1n) is 11.7. The fourth-order valence-electron chi connectivity index (χ4n) is 4.80. The molecule has 4 rings (SSSR count). The van der Waals surface area contributed by atoms with Crippen LogP contribution in [0.3, 0.4) is 0 Å². The van der Waals surface area contributed by atoms with E-state index in [-0.39, 0.29) is 11.7 Å². The van der Waals surface area contributed by atoms with Gasteiger partial charge in [0, 0.05) is 17.8 Å². The number of aryl methyl sites for hydroxylation is 2. The predicted molar refractivity (Wildman–Crippen MR) is 130 cm³/mol. The Morgan fingerprint density at radius 3 is 2.84 bits per heavy atom. The van der Waals surface area contributed by atoms with Crippen molar-refractivity contribution < 1.29 is 4.79 Å². The van der Waals surface area contributed by atoms with E-state index in [2.05, 4.69) is 32.7 Å². The standard InChI is InChI=1S/C24H31N5OS2/c1-2-14-29-21(13-12-17-8-4-3-5-9-17)27-28-24(29)31-16-22(30)26-23-19(15-25)18-10-6-7-11-20(18)32-23/h2,17H,1,3-14,16H2,(H,26,30). The van der Waals surface area contributed by atoms with Gasteiger partial charge in [-0.3, -0.25) is 4.79 Å². The van der Waals surface area contributed by atoms with E-state index in [0.717, 1.165) is 61.0 Å². The van der Waals surface area contributed by atoms with Crippen molar-refractivity contribution in [2.45, 2.75) is 82.3 Å². The molecule has 0 atom stereocenters. The highest BCUT2D eigenvalue weighted by Crippen LogP contribution is 2.37. The summed E-state index contributed by atoms with van der Waals surface area (Å²) in [7, 11) is 0. The molecule has 2 aliphatic carbocycles. The molecule has 1 amide bonds. The highest BCUT2D eigenvalue weighted by molar-refractivity contribution is 7.99. The van der Waals surface area contributed by atoms with Crippen LogP contribution in [0.2, 0.25) is 0 Å². The van der Waals surface area contributed by atoms with Crippen molar-refractivity contribution in [2.75, 3.05) is 11.1 Å². The molecule has 1 saturated carbocycles. The van der Waals surface area contributed by atoms with Crippen LogP contribution in [-0.2, 0) is 30.6 Å². The number of rotatable bonds is 9. The van der Waals surface area contributed by atoms with Crippen LogP contribution in [0.5, 0.6) is 0 Å². The lowest BCUT2D eigenvalue weighted by atomic mass is 9.86. The quantitative estimate of drug-likeness (QED) is 0.386. The number of allylic oxidation sites excluding steroid dienone is 1. The maximum absolute atomic E-state index is 12.7. The summed E-state index contributed by atoms with van der Waals surface area (Å²) in [4.78, 5) is 13.9. The van der Waals surface area contributed by atoms with Crippen LogP contribution in [0, 0.1) is 17.2 Å². The average Bonchev–Trinajstić information content (AvgIpc) is 3.37. The maximum Gasteiger partial charge on any atom is 0.235 e. The number of nitrogens with zero attached hydrogens (tertiary/aromatic N) is 4. The van der Waals surface area contributed by atoms with Crippen LogP contribution >= 0.6 is 23.1 Å². The van der Waals surface area contributed by atoms with E-state index in [9.17, 15) is 10.1 Å². The third-order valence-electron chi connectivity index (χ3n) is 6.47. The van der Waals surface area contributed by atoms with Crippen molar-refractivity contribution in [3.05, 3.63) is 34.5 Å². The molecule has 0 bridgehead atoms. The molecule has 0 spiro atoms. The average molecular weight is 470 g/mol. The number of hydrogen-bond donors (Lipinski definition) is 1. The number of thiophene rings is 1. The van der Waals surface area contributed by atoms with Crippen molar-refractivity contribution in [1.82, 2.24) is 14.8 Å². The fraction of sp³-hybridized carbons (Fsp3) is 0.583. The summed E-state index contributed by atoms with van der Waals surface area (Å²) in [6, 6.07) is 2.30. The second-order valence-corrected chi connectivity index (χ2v) is 10.8. The number of carbonyl (C=O) groups excluding carboxylic acids is 1. The molecule has 0 aromatic carbocycles. The molecule has 2 aromatic heterocycles. The topological polar surface area (TPSA) is 83.6 Å². The van der Waals surface area contributed by atoms with Crippen molar-refractivity contribution in [2.24, 2.45) is 5.92 Å². The number of hydrogen-bond acceptors (Lipinski definition) is 6. The molecule has 1 fully saturated rings. The number of amides is 1. The normalized spacial score (nSPS) is 16.3. The summed E-state index contributed by atoms with van der Waals surface area (Å²) in [6.45, 7) is 4.52. The van der Waals surface area contributed by atoms with Crippen LogP contribution < -0.4 is 5.32 Å². The van der Waals surface area contributed by atoms with Crippen LogP contribution in [0.1, 0.15) is 73.2 Å². The molecule has 2 aromatic rings. The summed E-state index contributed by atoms with van der Waals surface area (Å²) < 4.78 is 2.08. The van der Waals surface area contributed by atoms with Gasteiger partial charge in [-0.05, 0) is 43.6 Å². The predicted octanol–water partition coefficient (Wildman–Crippen LogP) is 5.52. The smallest absolute Gasteiger partial charge is 0.235 e. The van der Waals surface area contributed by atoms with Gasteiger partial charge < -0.3 is 9.88 Å². The Bertz CT molecular complexity index is 997. The van der Waals surface area contributed by atoms with E-state index >= 15 is 0 Å². The second-order valence-electron chi connectivity index (χ2n) is 8.70. The van der Waals surface area contributed by atoms with Gasteiger partial charge in [0.2, 0.25) is 5.91 Å². The van der Waals surface area contributed by atoms with Crippen LogP contribution in [0.4, 0.5) is 5.00 Å². The molecule has 170 valence electrons. The Balaban J connectivity index is 1.36. The van der Waals surface area contributed by atoms with Crippen molar-refractivity contribution >= 4 is 34.0 Å². The molecule has 0 aliphatic heterocycles. The lowest BCUT2D eigenvalue weighted by Gasteiger charge is -2.21. The van der Waals surface area contributed by atoms with Gasteiger partial charge in [0.15, 0.2) is 5.16 Å². The zero-order valence-electron chi connectivity index (χ0n) is 18.6. The van der Waals surface area contributed by atoms with Gasteiger partial charge in [-0.1, -0.05) is 49.9 Å². The first-order valence-corrected chi connectivity index (χ1v) is 13.5. The largest absolute Gasteiger partial charge is 0.316 e. The highest BCUT2D eigenvalue weighted by Gasteiger charge is 2.22. The lowest BCUT2D eigenvalue weighted by molar-refractivity contribution is -0.113. The first kappa shape index (κ1) is 23.1. The SMILES string of the molecule is C=CCn1c(CCC2CCCCC2)nnc1SCC(=O)Nc1sc2c(c1C#N)CCCC2.